The predicted octanol–water partition coefficient (Wildman–Crippen LogP) is 2.26. The van der Waals surface area contributed by atoms with Crippen LogP contribution in [-0.4, -0.2) is 22.2 Å². The summed E-state index contributed by atoms with van der Waals surface area (Å²) in [7, 11) is 0. The molecule has 5 nitrogen and oxygen atoms in total. The second kappa shape index (κ2) is 6.38. The molecule has 0 atom stereocenters. The van der Waals surface area contributed by atoms with E-state index in [4.69, 9.17) is 5.73 Å². The van der Waals surface area contributed by atoms with Gasteiger partial charge in [0, 0.05) is 20.8 Å². The van der Waals surface area contributed by atoms with Crippen molar-refractivity contribution in [1.29, 1.82) is 0 Å². The Balaban J connectivity index is 1.92. The van der Waals surface area contributed by atoms with Crippen LogP contribution >= 0.6 is 38.5 Å². The number of aromatic nitrogens is 2. The van der Waals surface area contributed by atoms with E-state index in [2.05, 4.69) is 48.9 Å². The highest BCUT2D eigenvalue weighted by molar-refractivity contribution is 14.1. The lowest BCUT2D eigenvalue weighted by Gasteiger charge is -2.07. The van der Waals surface area contributed by atoms with Crippen molar-refractivity contribution in [1.82, 2.24) is 15.1 Å². The average molecular weight is 435 g/mol. The molecule has 1 amide bonds. The van der Waals surface area contributed by atoms with Crippen LogP contribution in [0.15, 0.2) is 35.1 Å². The van der Waals surface area contributed by atoms with Crippen LogP contribution in [0.25, 0.3) is 0 Å². The van der Waals surface area contributed by atoms with Crippen LogP contribution in [0.5, 0.6) is 0 Å². The summed E-state index contributed by atoms with van der Waals surface area (Å²) in [6.45, 7) is 1.09. The van der Waals surface area contributed by atoms with Crippen LogP contribution in [-0.2, 0) is 6.54 Å². The molecular formula is C12H12BrIN4O. The SMILES string of the molecule is Nc1cnn(CCNC(=O)c2cc(Br)ccc2I)c1. The minimum Gasteiger partial charge on any atom is -0.396 e. The highest BCUT2D eigenvalue weighted by Crippen LogP contribution is 2.18. The molecule has 2 aromatic rings. The van der Waals surface area contributed by atoms with Gasteiger partial charge in [-0.15, -0.1) is 0 Å². The minimum absolute atomic E-state index is 0.0918. The van der Waals surface area contributed by atoms with E-state index in [1.54, 1.807) is 17.1 Å². The summed E-state index contributed by atoms with van der Waals surface area (Å²) >= 11 is 5.50. The van der Waals surface area contributed by atoms with E-state index < -0.39 is 0 Å². The van der Waals surface area contributed by atoms with E-state index in [0.29, 0.717) is 24.3 Å². The van der Waals surface area contributed by atoms with Gasteiger partial charge in [-0.2, -0.15) is 5.10 Å². The number of nitrogen functional groups attached to an aromatic ring is 1. The molecule has 0 aliphatic carbocycles. The smallest absolute Gasteiger partial charge is 0.252 e. The number of halogens is 2. The summed E-state index contributed by atoms with van der Waals surface area (Å²) in [5.41, 5.74) is 6.84. The van der Waals surface area contributed by atoms with Crippen LogP contribution in [0.3, 0.4) is 0 Å². The lowest BCUT2D eigenvalue weighted by molar-refractivity contribution is 0.0951. The van der Waals surface area contributed by atoms with E-state index in [1.807, 2.05) is 18.2 Å². The monoisotopic (exact) mass is 434 g/mol. The maximum Gasteiger partial charge on any atom is 0.252 e. The molecule has 1 heterocycles. The summed E-state index contributed by atoms with van der Waals surface area (Å²) in [5, 5.41) is 6.91. The van der Waals surface area contributed by atoms with Gasteiger partial charge in [0.25, 0.3) is 5.91 Å². The number of rotatable bonds is 4. The van der Waals surface area contributed by atoms with Crippen LogP contribution in [0, 0.1) is 3.57 Å². The fourth-order valence-electron chi connectivity index (χ4n) is 1.55. The second-order valence-electron chi connectivity index (χ2n) is 3.92. The van der Waals surface area contributed by atoms with Crippen molar-refractivity contribution >= 4 is 50.1 Å². The molecule has 0 fully saturated rings. The zero-order chi connectivity index (χ0) is 13.8. The lowest BCUT2D eigenvalue weighted by atomic mass is 10.2. The quantitative estimate of drug-likeness (QED) is 0.725. The number of carbonyl (C=O) groups excluding carboxylic acids is 1. The highest BCUT2D eigenvalue weighted by Gasteiger charge is 2.09. The number of nitrogens with two attached hydrogens (primary N) is 1. The summed E-state index contributed by atoms with van der Waals surface area (Å²) < 4.78 is 3.50. The van der Waals surface area contributed by atoms with Gasteiger partial charge in [-0.1, -0.05) is 15.9 Å². The normalized spacial score (nSPS) is 10.4. The molecule has 0 spiro atoms. The van der Waals surface area contributed by atoms with Crippen molar-refractivity contribution in [3.8, 4) is 0 Å². The largest absolute Gasteiger partial charge is 0.396 e. The number of nitrogens with one attached hydrogen (secondary N) is 1. The summed E-state index contributed by atoms with van der Waals surface area (Å²) in [6, 6.07) is 5.61. The van der Waals surface area contributed by atoms with Gasteiger partial charge < -0.3 is 11.1 Å². The van der Waals surface area contributed by atoms with Gasteiger partial charge in [0.1, 0.15) is 0 Å². The van der Waals surface area contributed by atoms with Crippen molar-refractivity contribution in [2.75, 3.05) is 12.3 Å². The van der Waals surface area contributed by atoms with Gasteiger partial charge in [0.15, 0.2) is 0 Å². The van der Waals surface area contributed by atoms with Crippen LogP contribution in [0.4, 0.5) is 5.69 Å². The zero-order valence-electron chi connectivity index (χ0n) is 9.94. The Hall–Kier alpha value is -1.09. The van der Waals surface area contributed by atoms with E-state index >= 15 is 0 Å². The topological polar surface area (TPSA) is 72.9 Å². The Morgan fingerprint density at radius 1 is 1.53 bits per heavy atom. The molecule has 2 rings (SSSR count). The summed E-state index contributed by atoms with van der Waals surface area (Å²) in [5.74, 6) is -0.0918. The molecule has 0 bridgehead atoms. The molecule has 0 saturated heterocycles. The first-order valence-electron chi connectivity index (χ1n) is 5.57. The Kier molecular flexibility index (Phi) is 4.81. The molecule has 19 heavy (non-hydrogen) atoms. The van der Waals surface area contributed by atoms with Gasteiger partial charge in [-0.05, 0) is 40.8 Å². The first-order valence-corrected chi connectivity index (χ1v) is 7.44. The van der Waals surface area contributed by atoms with Gasteiger partial charge >= 0.3 is 0 Å². The lowest BCUT2D eigenvalue weighted by Crippen LogP contribution is -2.28. The van der Waals surface area contributed by atoms with Gasteiger partial charge in [-0.3, -0.25) is 9.48 Å². The Labute approximate surface area is 132 Å². The standard InChI is InChI=1S/C12H12BrIN4O/c13-8-1-2-11(14)10(5-8)12(19)16-3-4-18-7-9(15)6-17-18/h1-2,5-7H,3-4,15H2,(H,16,19). The number of amides is 1. The molecular weight excluding hydrogens is 423 g/mol. The Morgan fingerprint density at radius 3 is 3.00 bits per heavy atom. The first kappa shape index (κ1) is 14.3. The van der Waals surface area contributed by atoms with Gasteiger partial charge in [-0.25, -0.2) is 0 Å². The average Bonchev–Trinajstić information content (AvgIpc) is 2.78. The zero-order valence-corrected chi connectivity index (χ0v) is 13.7. The van der Waals surface area contributed by atoms with Crippen LogP contribution in [0.2, 0.25) is 0 Å². The second-order valence-corrected chi connectivity index (χ2v) is 5.99. The molecule has 0 saturated carbocycles. The number of anilines is 1. The molecule has 0 radical (unpaired) electrons. The predicted molar refractivity (Wildman–Crippen MR) is 85.8 cm³/mol. The third kappa shape index (κ3) is 3.93. The fourth-order valence-corrected chi connectivity index (χ4v) is 2.49. The van der Waals surface area contributed by atoms with E-state index in [1.165, 1.54) is 0 Å². The maximum atomic E-state index is 12.0. The van der Waals surface area contributed by atoms with Crippen molar-refractivity contribution in [3.05, 3.63) is 44.2 Å². The number of nitrogens with zero attached hydrogens (tertiary/aromatic N) is 2. The number of benzene rings is 1. The van der Waals surface area contributed by atoms with Gasteiger partial charge in [0.05, 0.1) is 24.0 Å². The van der Waals surface area contributed by atoms with E-state index in [9.17, 15) is 4.79 Å². The molecule has 7 heteroatoms. The van der Waals surface area contributed by atoms with Crippen molar-refractivity contribution in [2.45, 2.75) is 6.54 Å². The number of hydrogen-bond donors (Lipinski definition) is 2. The van der Waals surface area contributed by atoms with E-state index in [0.717, 1.165) is 8.04 Å². The van der Waals surface area contributed by atoms with E-state index in [-0.39, 0.29) is 5.91 Å². The molecule has 3 N–H and O–H groups in total. The third-order valence-corrected chi connectivity index (χ3v) is 3.89. The number of carbonyl (C=O) groups is 1. The van der Waals surface area contributed by atoms with Crippen molar-refractivity contribution in [2.24, 2.45) is 0 Å². The highest BCUT2D eigenvalue weighted by atomic mass is 127. The summed E-state index contributed by atoms with van der Waals surface area (Å²) in [6.07, 6.45) is 3.31. The van der Waals surface area contributed by atoms with Crippen LogP contribution in [0.1, 0.15) is 10.4 Å². The maximum absolute atomic E-state index is 12.0. The summed E-state index contributed by atoms with van der Waals surface area (Å²) in [4.78, 5) is 12.0. The first-order chi connectivity index (χ1) is 9.06. The molecule has 100 valence electrons. The Bertz CT molecular complexity index is 599. The Morgan fingerprint density at radius 2 is 2.32 bits per heavy atom. The minimum atomic E-state index is -0.0918. The number of hydrogen-bond acceptors (Lipinski definition) is 3. The third-order valence-electron chi connectivity index (χ3n) is 2.45. The van der Waals surface area contributed by atoms with Crippen molar-refractivity contribution < 1.29 is 4.79 Å². The van der Waals surface area contributed by atoms with Crippen LogP contribution < -0.4 is 11.1 Å². The fraction of sp³-hybridized carbons (Fsp3) is 0.167. The molecule has 0 unspecified atom stereocenters. The van der Waals surface area contributed by atoms with Gasteiger partial charge in [0.2, 0.25) is 0 Å². The molecule has 0 aliphatic heterocycles. The molecule has 1 aromatic heterocycles. The molecule has 1 aromatic carbocycles. The molecule has 0 aliphatic rings. The van der Waals surface area contributed by atoms with Crippen molar-refractivity contribution in [3.63, 3.8) is 0 Å².